The predicted octanol–water partition coefficient (Wildman–Crippen LogP) is 6.21. The van der Waals surface area contributed by atoms with Crippen molar-refractivity contribution in [3.8, 4) is 0 Å². The SMILES string of the molecule is C=CS/C(=C\C)CCCCC(=O)Nc1cccc(C(=O)NNC(=S)Nc2ccc(C)c(C)c2)c1. The normalized spacial score (nSPS) is 10.9. The Bertz CT molecular complexity index is 1070. The first-order valence-corrected chi connectivity index (χ1v) is 12.4. The smallest absolute Gasteiger partial charge is 0.269 e. The van der Waals surface area contributed by atoms with Crippen LogP contribution in [-0.2, 0) is 4.79 Å². The fourth-order valence-corrected chi connectivity index (χ4v) is 3.87. The molecular formula is C26H32N4O2S2. The predicted molar refractivity (Wildman–Crippen MR) is 148 cm³/mol. The molecule has 4 N–H and O–H groups in total. The maximum atomic E-state index is 12.5. The van der Waals surface area contributed by atoms with Crippen molar-refractivity contribution in [2.45, 2.75) is 46.5 Å². The summed E-state index contributed by atoms with van der Waals surface area (Å²) in [6.45, 7) is 9.80. The van der Waals surface area contributed by atoms with Crippen LogP contribution in [0.1, 0.15) is 54.1 Å². The number of aryl methyl sites for hydroxylation is 2. The van der Waals surface area contributed by atoms with Gasteiger partial charge in [0.2, 0.25) is 5.91 Å². The lowest BCUT2D eigenvalue weighted by molar-refractivity contribution is -0.116. The maximum absolute atomic E-state index is 12.5. The molecule has 0 aliphatic rings. The Hall–Kier alpha value is -3.10. The summed E-state index contributed by atoms with van der Waals surface area (Å²) >= 11 is 6.87. The lowest BCUT2D eigenvalue weighted by atomic mass is 10.1. The molecule has 0 unspecified atom stereocenters. The number of unbranched alkanes of at least 4 members (excludes halogenated alkanes) is 1. The van der Waals surface area contributed by atoms with Gasteiger partial charge in [-0.05, 0) is 104 Å². The molecule has 2 aromatic carbocycles. The average Bonchev–Trinajstić information content (AvgIpc) is 2.82. The maximum Gasteiger partial charge on any atom is 0.269 e. The van der Waals surface area contributed by atoms with E-state index in [4.69, 9.17) is 12.2 Å². The van der Waals surface area contributed by atoms with Crippen LogP contribution in [0.2, 0.25) is 0 Å². The Balaban J connectivity index is 1.79. The average molecular weight is 497 g/mol. The van der Waals surface area contributed by atoms with E-state index in [1.165, 1.54) is 10.5 Å². The largest absolute Gasteiger partial charge is 0.331 e. The van der Waals surface area contributed by atoms with E-state index in [1.807, 2.05) is 44.4 Å². The summed E-state index contributed by atoms with van der Waals surface area (Å²) in [4.78, 5) is 26.0. The third-order valence-electron chi connectivity index (χ3n) is 5.10. The molecule has 0 saturated heterocycles. The van der Waals surface area contributed by atoms with Gasteiger partial charge >= 0.3 is 0 Å². The number of carbonyl (C=O) groups excluding carboxylic acids is 2. The summed E-state index contributed by atoms with van der Waals surface area (Å²) < 4.78 is 0. The van der Waals surface area contributed by atoms with Crippen LogP contribution in [0.15, 0.2) is 65.4 Å². The monoisotopic (exact) mass is 496 g/mol. The summed E-state index contributed by atoms with van der Waals surface area (Å²) in [7, 11) is 0. The molecule has 0 spiro atoms. The zero-order valence-electron chi connectivity index (χ0n) is 19.9. The highest BCUT2D eigenvalue weighted by molar-refractivity contribution is 8.05. The van der Waals surface area contributed by atoms with Crippen LogP contribution in [0, 0.1) is 13.8 Å². The van der Waals surface area contributed by atoms with Crippen molar-refractivity contribution in [2.75, 3.05) is 10.6 Å². The Morgan fingerprint density at radius 2 is 1.71 bits per heavy atom. The molecule has 0 atom stereocenters. The van der Waals surface area contributed by atoms with Crippen molar-refractivity contribution in [1.82, 2.24) is 10.9 Å². The van der Waals surface area contributed by atoms with Gasteiger partial charge in [0.05, 0.1) is 0 Å². The van der Waals surface area contributed by atoms with E-state index >= 15 is 0 Å². The van der Waals surface area contributed by atoms with Gasteiger partial charge in [-0.1, -0.05) is 24.8 Å². The zero-order chi connectivity index (χ0) is 24.9. The summed E-state index contributed by atoms with van der Waals surface area (Å²) in [6, 6.07) is 12.7. The molecule has 6 nitrogen and oxygen atoms in total. The lowest BCUT2D eigenvalue weighted by Crippen LogP contribution is -2.43. The van der Waals surface area contributed by atoms with Crippen molar-refractivity contribution >= 4 is 52.3 Å². The molecule has 0 radical (unpaired) electrons. The Labute approximate surface area is 211 Å². The standard InChI is InChI=1S/C26H32N4O2S2/c1-5-23(34-6-2)12-7-8-13-24(31)27-21-11-9-10-20(17-21)25(32)29-30-26(33)28-22-15-14-18(3)19(4)16-22/h5-6,9-11,14-17H,2,7-8,12-13H2,1,3-4H3,(H,27,31)(H,29,32)(H2,28,30,33)/b23-5-. The molecule has 2 rings (SSSR count). The zero-order valence-corrected chi connectivity index (χ0v) is 21.5. The first-order valence-electron chi connectivity index (χ1n) is 11.1. The van der Waals surface area contributed by atoms with Gasteiger partial charge in [-0.25, -0.2) is 0 Å². The van der Waals surface area contributed by atoms with Crippen molar-refractivity contribution in [3.05, 3.63) is 82.1 Å². The number of amides is 2. The Kier molecular flexibility index (Phi) is 11.4. The van der Waals surface area contributed by atoms with E-state index in [2.05, 4.69) is 34.1 Å². The first kappa shape index (κ1) is 27.1. The van der Waals surface area contributed by atoms with Crippen LogP contribution in [0.3, 0.4) is 0 Å². The summed E-state index contributed by atoms with van der Waals surface area (Å²) in [5.74, 6) is -0.438. The van der Waals surface area contributed by atoms with Gasteiger partial charge in [0, 0.05) is 23.4 Å². The number of anilines is 2. The molecule has 0 fully saturated rings. The highest BCUT2D eigenvalue weighted by Gasteiger charge is 2.09. The van der Waals surface area contributed by atoms with Crippen molar-refractivity contribution in [1.29, 1.82) is 0 Å². The molecule has 8 heteroatoms. The second-order valence-corrected chi connectivity index (χ2v) is 9.21. The molecule has 0 aromatic heterocycles. The summed E-state index contributed by atoms with van der Waals surface area (Å²) in [5.41, 5.74) is 9.42. The van der Waals surface area contributed by atoms with Crippen molar-refractivity contribution < 1.29 is 9.59 Å². The van der Waals surface area contributed by atoms with Gasteiger partial charge < -0.3 is 10.6 Å². The molecule has 0 bridgehead atoms. The van der Waals surface area contributed by atoms with Crippen LogP contribution in [-0.4, -0.2) is 16.9 Å². The molecule has 0 saturated carbocycles. The number of carbonyl (C=O) groups is 2. The van der Waals surface area contributed by atoms with Crippen molar-refractivity contribution in [3.63, 3.8) is 0 Å². The van der Waals surface area contributed by atoms with E-state index in [-0.39, 0.29) is 16.9 Å². The fraction of sp³-hybridized carbons (Fsp3) is 0.269. The lowest BCUT2D eigenvalue weighted by Gasteiger charge is -2.13. The first-order chi connectivity index (χ1) is 16.3. The quantitative estimate of drug-likeness (QED) is 0.178. The second-order valence-electron chi connectivity index (χ2n) is 7.71. The second kappa shape index (κ2) is 14.2. The van der Waals surface area contributed by atoms with Crippen LogP contribution in [0.5, 0.6) is 0 Å². The number of thioether (sulfide) groups is 1. The third kappa shape index (κ3) is 9.41. The topological polar surface area (TPSA) is 82.3 Å². The highest BCUT2D eigenvalue weighted by Crippen LogP contribution is 2.22. The van der Waals surface area contributed by atoms with Crippen molar-refractivity contribution in [2.24, 2.45) is 0 Å². The number of benzene rings is 2. The van der Waals surface area contributed by atoms with E-state index in [1.54, 1.807) is 36.0 Å². The molecule has 180 valence electrons. The Morgan fingerprint density at radius 1 is 0.971 bits per heavy atom. The Morgan fingerprint density at radius 3 is 2.41 bits per heavy atom. The van der Waals surface area contributed by atoms with Crippen LogP contribution in [0.25, 0.3) is 0 Å². The van der Waals surface area contributed by atoms with Crippen LogP contribution in [0.4, 0.5) is 11.4 Å². The van der Waals surface area contributed by atoms with Crippen LogP contribution < -0.4 is 21.5 Å². The number of allylic oxidation sites excluding steroid dienone is 2. The molecule has 34 heavy (non-hydrogen) atoms. The number of rotatable bonds is 10. The number of hydrazine groups is 1. The third-order valence-corrected chi connectivity index (χ3v) is 6.21. The fourth-order valence-electron chi connectivity index (χ4n) is 3.09. The molecule has 0 aliphatic carbocycles. The van der Waals surface area contributed by atoms with E-state index in [0.717, 1.165) is 30.5 Å². The minimum absolute atomic E-state index is 0.0761. The number of thiocarbonyl (C=S) groups is 1. The molecule has 2 aromatic rings. The minimum Gasteiger partial charge on any atom is -0.331 e. The van der Waals surface area contributed by atoms with Gasteiger partial charge in [0.1, 0.15) is 0 Å². The minimum atomic E-state index is -0.362. The van der Waals surface area contributed by atoms with E-state index in [0.29, 0.717) is 17.7 Å². The van der Waals surface area contributed by atoms with Gasteiger partial charge in [-0.2, -0.15) is 0 Å². The highest BCUT2D eigenvalue weighted by atomic mass is 32.2. The van der Waals surface area contributed by atoms with Crippen LogP contribution >= 0.6 is 24.0 Å². The number of hydrogen-bond acceptors (Lipinski definition) is 4. The van der Waals surface area contributed by atoms with Gasteiger partial charge in [-0.15, -0.1) is 11.8 Å². The molecule has 2 amide bonds. The van der Waals surface area contributed by atoms with Gasteiger partial charge in [0.25, 0.3) is 5.91 Å². The summed E-state index contributed by atoms with van der Waals surface area (Å²) in [5, 5.41) is 7.98. The van der Waals surface area contributed by atoms with E-state index in [9.17, 15) is 9.59 Å². The van der Waals surface area contributed by atoms with E-state index < -0.39 is 0 Å². The molecule has 0 heterocycles. The van der Waals surface area contributed by atoms with Gasteiger partial charge in [0.15, 0.2) is 5.11 Å². The molecular weight excluding hydrogens is 464 g/mol. The molecule has 0 aliphatic heterocycles. The number of nitrogens with one attached hydrogen (secondary N) is 4. The number of hydrogen-bond donors (Lipinski definition) is 4. The summed E-state index contributed by atoms with van der Waals surface area (Å²) in [6.07, 6.45) is 5.15. The van der Waals surface area contributed by atoms with Gasteiger partial charge in [-0.3, -0.25) is 20.4 Å².